The fourth-order valence-corrected chi connectivity index (χ4v) is 3.60. The molecule has 2 aromatic heterocycles. The zero-order chi connectivity index (χ0) is 18.9. The fraction of sp³-hybridized carbons (Fsp3) is 0.381. The standard InChI is InChI=1S/C21H23N5O2/c27-14-17-12-22-26-20(23-18-4-5-18)11-19(24-21(17)26)16-3-1-2-15(10-16)13-25-6-8-28-9-7-25/h1-3,10-12,14,18,23H,4-9,13H2. The SMILES string of the molecule is O=Cc1cnn2c(NC3CC3)cc(-c3cccc(CN4CCOCC4)c3)nc12. The van der Waals surface area contributed by atoms with Gasteiger partial charge in [-0.2, -0.15) is 9.61 Å². The average molecular weight is 377 g/mol. The van der Waals surface area contributed by atoms with Gasteiger partial charge in [0.15, 0.2) is 11.9 Å². The summed E-state index contributed by atoms with van der Waals surface area (Å²) in [6.45, 7) is 4.41. The van der Waals surface area contributed by atoms with E-state index in [1.54, 1.807) is 10.7 Å². The Bertz CT molecular complexity index is 1010. The summed E-state index contributed by atoms with van der Waals surface area (Å²) < 4.78 is 7.17. The maximum atomic E-state index is 11.4. The van der Waals surface area contributed by atoms with Gasteiger partial charge in [0.25, 0.3) is 0 Å². The summed E-state index contributed by atoms with van der Waals surface area (Å²) in [6, 6.07) is 11.0. The predicted octanol–water partition coefficient (Wildman–Crippen LogP) is 2.62. The van der Waals surface area contributed by atoms with Crippen molar-refractivity contribution in [1.82, 2.24) is 19.5 Å². The van der Waals surface area contributed by atoms with Crippen molar-refractivity contribution in [3.8, 4) is 11.3 Å². The Hall–Kier alpha value is -2.77. The van der Waals surface area contributed by atoms with Gasteiger partial charge in [-0.05, 0) is 24.5 Å². The van der Waals surface area contributed by atoms with Gasteiger partial charge in [0, 0.05) is 37.3 Å². The van der Waals surface area contributed by atoms with Gasteiger partial charge in [-0.1, -0.05) is 18.2 Å². The third-order valence-corrected chi connectivity index (χ3v) is 5.29. The lowest BCUT2D eigenvalue weighted by molar-refractivity contribution is 0.0342. The van der Waals surface area contributed by atoms with Crippen LogP contribution in [-0.4, -0.2) is 58.1 Å². The number of nitrogens with zero attached hydrogens (tertiary/aromatic N) is 4. The Labute approximate surface area is 163 Å². The van der Waals surface area contributed by atoms with Gasteiger partial charge in [-0.25, -0.2) is 4.98 Å². The third-order valence-electron chi connectivity index (χ3n) is 5.29. The first-order chi connectivity index (χ1) is 13.8. The number of ether oxygens (including phenoxy) is 1. The molecule has 7 nitrogen and oxygen atoms in total. The van der Waals surface area contributed by atoms with Crippen LogP contribution in [0.2, 0.25) is 0 Å². The minimum atomic E-state index is 0.481. The molecule has 144 valence electrons. The molecule has 2 fully saturated rings. The number of morpholine rings is 1. The molecule has 0 unspecified atom stereocenters. The van der Waals surface area contributed by atoms with E-state index in [1.807, 2.05) is 6.07 Å². The zero-order valence-electron chi connectivity index (χ0n) is 15.7. The van der Waals surface area contributed by atoms with Crippen molar-refractivity contribution in [2.45, 2.75) is 25.4 Å². The normalized spacial score (nSPS) is 17.7. The Kier molecular flexibility index (Phi) is 4.54. The molecule has 7 heteroatoms. The van der Waals surface area contributed by atoms with Crippen LogP contribution in [-0.2, 0) is 11.3 Å². The minimum absolute atomic E-state index is 0.481. The molecule has 1 saturated heterocycles. The Balaban J connectivity index is 1.51. The highest BCUT2D eigenvalue weighted by Crippen LogP contribution is 2.29. The van der Waals surface area contributed by atoms with Crippen molar-refractivity contribution in [1.29, 1.82) is 0 Å². The van der Waals surface area contributed by atoms with Crippen LogP contribution in [0.5, 0.6) is 0 Å². The maximum Gasteiger partial charge on any atom is 0.168 e. The van der Waals surface area contributed by atoms with Crippen molar-refractivity contribution in [2.24, 2.45) is 0 Å². The molecule has 0 spiro atoms. The number of hydrogen-bond donors (Lipinski definition) is 1. The van der Waals surface area contributed by atoms with Crippen LogP contribution in [0.15, 0.2) is 36.5 Å². The Morgan fingerprint density at radius 1 is 1.21 bits per heavy atom. The van der Waals surface area contributed by atoms with Gasteiger partial charge in [0.05, 0.1) is 30.7 Å². The molecule has 0 radical (unpaired) electrons. The summed E-state index contributed by atoms with van der Waals surface area (Å²) in [6.07, 6.45) is 4.72. The summed E-state index contributed by atoms with van der Waals surface area (Å²) in [7, 11) is 0. The summed E-state index contributed by atoms with van der Waals surface area (Å²) in [5.74, 6) is 0.884. The smallest absolute Gasteiger partial charge is 0.168 e. The first-order valence-electron chi connectivity index (χ1n) is 9.80. The second-order valence-corrected chi connectivity index (χ2v) is 7.49. The van der Waals surface area contributed by atoms with Crippen LogP contribution in [0, 0.1) is 0 Å². The molecule has 1 aliphatic carbocycles. The quantitative estimate of drug-likeness (QED) is 0.666. The number of rotatable bonds is 6. The maximum absolute atomic E-state index is 11.4. The third kappa shape index (κ3) is 3.50. The molecule has 0 bridgehead atoms. The van der Waals surface area contributed by atoms with Gasteiger partial charge >= 0.3 is 0 Å². The second kappa shape index (κ2) is 7.33. The molecule has 5 rings (SSSR count). The minimum Gasteiger partial charge on any atom is -0.379 e. The van der Waals surface area contributed by atoms with Crippen LogP contribution in [0.25, 0.3) is 16.9 Å². The summed E-state index contributed by atoms with van der Waals surface area (Å²) in [4.78, 5) is 18.6. The molecule has 3 aromatic rings. The highest BCUT2D eigenvalue weighted by molar-refractivity contribution is 5.85. The highest BCUT2D eigenvalue weighted by atomic mass is 16.5. The van der Waals surface area contributed by atoms with Crippen molar-refractivity contribution >= 4 is 17.8 Å². The van der Waals surface area contributed by atoms with Crippen molar-refractivity contribution in [3.63, 3.8) is 0 Å². The number of fused-ring (bicyclic) bond motifs is 1. The lowest BCUT2D eigenvalue weighted by Gasteiger charge is -2.26. The van der Waals surface area contributed by atoms with Gasteiger partial charge in [0.1, 0.15) is 5.82 Å². The van der Waals surface area contributed by atoms with E-state index < -0.39 is 0 Å². The van der Waals surface area contributed by atoms with Crippen LogP contribution < -0.4 is 5.32 Å². The van der Waals surface area contributed by atoms with E-state index in [4.69, 9.17) is 9.72 Å². The molecule has 28 heavy (non-hydrogen) atoms. The van der Waals surface area contributed by atoms with Crippen LogP contribution in [0.3, 0.4) is 0 Å². The number of hydrogen-bond acceptors (Lipinski definition) is 6. The van der Waals surface area contributed by atoms with E-state index in [0.29, 0.717) is 17.3 Å². The Morgan fingerprint density at radius 3 is 2.86 bits per heavy atom. The molecule has 1 N–H and O–H groups in total. The largest absolute Gasteiger partial charge is 0.379 e. The lowest BCUT2D eigenvalue weighted by Crippen LogP contribution is -2.35. The molecule has 1 aromatic carbocycles. The van der Waals surface area contributed by atoms with E-state index in [0.717, 1.165) is 69.1 Å². The number of anilines is 1. The van der Waals surface area contributed by atoms with Crippen LogP contribution in [0.1, 0.15) is 28.8 Å². The van der Waals surface area contributed by atoms with Gasteiger partial charge in [-0.3, -0.25) is 9.69 Å². The summed E-state index contributed by atoms with van der Waals surface area (Å²) in [5.41, 5.74) is 4.24. The van der Waals surface area contributed by atoms with Gasteiger partial charge in [0.2, 0.25) is 0 Å². The lowest BCUT2D eigenvalue weighted by atomic mass is 10.1. The zero-order valence-corrected chi connectivity index (χ0v) is 15.7. The van der Waals surface area contributed by atoms with Crippen molar-refractivity contribution < 1.29 is 9.53 Å². The fourth-order valence-electron chi connectivity index (χ4n) is 3.60. The number of nitrogens with one attached hydrogen (secondary N) is 1. The van der Waals surface area contributed by atoms with Crippen LogP contribution in [0.4, 0.5) is 5.82 Å². The van der Waals surface area contributed by atoms with E-state index >= 15 is 0 Å². The first-order valence-corrected chi connectivity index (χ1v) is 9.80. The second-order valence-electron chi connectivity index (χ2n) is 7.49. The molecular formula is C21H23N5O2. The number of benzene rings is 1. The monoisotopic (exact) mass is 377 g/mol. The van der Waals surface area contributed by atoms with Crippen molar-refractivity contribution in [2.75, 3.05) is 31.6 Å². The number of carbonyl (C=O) groups is 1. The molecule has 3 heterocycles. The molecule has 0 amide bonds. The average Bonchev–Trinajstić information content (AvgIpc) is 3.45. The number of carbonyl (C=O) groups excluding carboxylic acids is 1. The van der Waals surface area contributed by atoms with E-state index in [9.17, 15) is 4.79 Å². The highest BCUT2D eigenvalue weighted by Gasteiger charge is 2.23. The Morgan fingerprint density at radius 2 is 2.07 bits per heavy atom. The van der Waals surface area contributed by atoms with Gasteiger partial charge in [-0.15, -0.1) is 0 Å². The molecule has 2 aliphatic rings. The predicted molar refractivity (Wildman–Crippen MR) is 107 cm³/mol. The van der Waals surface area contributed by atoms with Crippen LogP contribution >= 0.6 is 0 Å². The molecule has 0 atom stereocenters. The first kappa shape index (κ1) is 17.3. The molecular weight excluding hydrogens is 354 g/mol. The number of aldehydes is 1. The molecule has 1 saturated carbocycles. The topological polar surface area (TPSA) is 71.8 Å². The van der Waals surface area contributed by atoms with Crippen molar-refractivity contribution in [3.05, 3.63) is 47.7 Å². The van der Waals surface area contributed by atoms with E-state index in [1.165, 1.54) is 5.56 Å². The number of aromatic nitrogens is 3. The van der Waals surface area contributed by atoms with E-state index in [-0.39, 0.29) is 0 Å². The van der Waals surface area contributed by atoms with Gasteiger partial charge < -0.3 is 10.1 Å². The molecule has 1 aliphatic heterocycles. The van der Waals surface area contributed by atoms with E-state index in [2.05, 4.69) is 39.6 Å². The summed E-state index contributed by atoms with van der Waals surface area (Å²) in [5, 5.41) is 7.85. The summed E-state index contributed by atoms with van der Waals surface area (Å²) >= 11 is 0.